The number of primary sulfonamides is 1. The van der Waals surface area contributed by atoms with Crippen molar-refractivity contribution in [2.45, 2.75) is 42.6 Å². The number of nitrogens with two attached hydrogens (primary N) is 1. The molecule has 0 spiro atoms. The summed E-state index contributed by atoms with van der Waals surface area (Å²) >= 11 is 0. The van der Waals surface area contributed by atoms with Crippen LogP contribution in [0.25, 0.3) is 0 Å². The smallest absolute Gasteiger partial charge is 0.238 e. The topological polar surface area (TPSA) is 80.4 Å². The Bertz CT molecular complexity index is 498. The molecule has 1 aliphatic carbocycles. The standard InChI is InChI=1S/C12H17NO3S/c13-17(15,16)12-8-4-2-6-10(12)9-5-1-3-7-11(9)14/h2,4,6,8-9,11,14H,1,3,5,7H2,(H2,13,15,16). The summed E-state index contributed by atoms with van der Waals surface area (Å²) in [7, 11) is -3.72. The molecule has 5 heteroatoms. The summed E-state index contributed by atoms with van der Waals surface area (Å²) in [6, 6.07) is 6.69. The fourth-order valence-electron chi connectivity index (χ4n) is 2.52. The highest BCUT2D eigenvalue weighted by atomic mass is 32.2. The molecule has 2 unspecified atom stereocenters. The average molecular weight is 255 g/mol. The van der Waals surface area contributed by atoms with E-state index in [-0.39, 0.29) is 10.8 Å². The van der Waals surface area contributed by atoms with E-state index >= 15 is 0 Å². The molecule has 2 atom stereocenters. The molecule has 1 fully saturated rings. The monoisotopic (exact) mass is 255 g/mol. The van der Waals surface area contributed by atoms with Crippen molar-refractivity contribution in [1.29, 1.82) is 0 Å². The molecule has 0 saturated heterocycles. The molecule has 1 saturated carbocycles. The van der Waals surface area contributed by atoms with Gasteiger partial charge < -0.3 is 5.11 Å². The van der Waals surface area contributed by atoms with E-state index in [0.717, 1.165) is 25.7 Å². The van der Waals surface area contributed by atoms with Gasteiger partial charge in [0.05, 0.1) is 11.0 Å². The molecule has 1 aliphatic rings. The van der Waals surface area contributed by atoms with E-state index in [0.29, 0.717) is 5.56 Å². The Morgan fingerprint density at radius 2 is 1.82 bits per heavy atom. The molecule has 2 rings (SSSR count). The highest BCUT2D eigenvalue weighted by Crippen LogP contribution is 2.35. The van der Waals surface area contributed by atoms with Crippen LogP contribution in [0.1, 0.15) is 37.2 Å². The maximum atomic E-state index is 11.5. The van der Waals surface area contributed by atoms with Crippen molar-refractivity contribution < 1.29 is 13.5 Å². The number of hydrogen-bond donors (Lipinski definition) is 2. The molecular weight excluding hydrogens is 238 g/mol. The van der Waals surface area contributed by atoms with Crippen LogP contribution in [0, 0.1) is 0 Å². The van der Waals surface area contributed by atoms with Crippen molar-refractivity contribution in [2.75, 3.05) is 0 Å². The van der Waals surface area contributed by atoms with E-state index in [9.17, 15) is 13.5 Å². The van der Waals surface area contributed by atoms with Crippen molar-refractivity contribution in [3.8, 4) is 0 Å². The third-order valence-corrected chi connectivity index (χ3v) is 4.34. The summed E-state index contributed by atoms with van der Waals surface area (Å²) in [4.78, 5) is 0.144. The van der Waals surface area contributed by atoms with Crippen LogP contribution in [-0.2, 0) is 10.0 Å². The summed E-state index contributed by atoms with van der Waals surface area (Å²) in [5, 5.41) is 15.2. The van der Waals surface area contributed by atoms with E-state index in [1.54, 1.807) is 18.2 Å². The van der Waals surface area contributed by atoms with Crippen molar-refractivity contribution in [3.63, 3.8) is 0 Å². The Morgan fingerprint density at radius 1 is 1.18 bits per heavy atom. The zero-order valence-electron chi connectivity index (χ0n) is 9.54. The van der Waals surface area contributed by atoms with Gasteiger partial charge in [0, 0.05) is 5.92 Å². The first kappa shape index (κ1) is 12.5. The number of hydrogen-bond acceptors (Lipinski definition) is 3. The molecular formula is C12H17NO3S. The third kappa shape index (κ3) is 2.68. The zero-order chi connectivity index (χ0) is 12.5. The summed E-state index contributed by atoms with van der Waals surface area (Å²) < 4.78 is 23.0. The number of aliphatic hydroxyl groups excluding tert-OH is 1. The number of benzene rings is 1. The minimum absolute atomic E-state index is 0.113. The summed E-state index contributed by atoms with van der Waals surface area (Å²) in [6.45, 7) is 0. The minimum Gasteiger partial charge on any atom is -0.392 e. The molecule has 17 heavy (non-hydrogen) atoms. The highest BCUT2D eigenvalue weighted by Gasteiger charge is 2.28. The number of rotatable bonds is 2. The largest absolute Gasteiger partial charge is 0.392 e. The summed E-state index contributed by atoms with van der Waals surface area (Å²) in [5.74, 6) is -0.113. The second kappa shape index (κ2) is 4.76. The molecule has 0 aliphatic heterocycles. The lowest BCUT2D eigenvalue weighted by atomic mass is 9.82. The van der Waals surface area contributed by atoms with E-state index in [2.05, 4.69) is 0 Å². The fourth-order valence-corrected chi connectivity index (χ4v) is 3.34. The van der Waals surface area contributed by atoms with E-state index in [1.807, 2.05) is 0 Å². The van der Waals surface area contributed by atoms with E-state index in [1.165, 1.54) is 6.07 Å². The third-order valence-electron chi connectivity index (χ3n) is 3.35. The van der Waals surface area contributed by atoms with Crippen molar-refractivity contribution in [2.24, 2.45) is 5.14 Å². The van der Waals surface area contributed by atoms with Crippen LogP contribution in [0.15, 0.2) is 29.2 Å². The number of aliphatic hydroxyl groups is 1. The van der Waals surface area contributed by atoms with Gasteiger partial charge in [-0.2, -0.15) is 0 Å². The summed E-state index contributed by atoms with van der Waals surface area (Å²) in [5.41, 5.74) is 0.655. The lowest BCUT2D eigenvalue weighted by Crippen LogP contribution is -2.25. The van der Waals surface area contributed by atoms with Gasteiger partial charge in [0.15, 0.2) is 0 Å². The Labute approximate surface area is 102 Å². The molecule has 1 aromatic carbocycles. The van der Waals surface area contributed by atoms with Crippen LogP contribution in [0.2, 0.25) is 0 Å². The minimum atomic E-state index is -3.72. The predicted molar refractivity (Wildman–Crippen MR) is 65.0 cm³/mol. The Balaban J connectivity index is 2.44. The molecule has 0 aromatic heterocycles. The van der Waals surface area contributed by atoms with Gasteiger partial charge in [0.2, 0.25) is 10.0 Å². The lowest BCUT2D eigenvalue weighted by Gasteiger charge is -2.29. The van der Waals surface area contributed by atoms with Gasteiger partial charge in [0.1, 0.15) is 0 Å². The first-order valence-corrected chi connectivity index (χ1v) is 7.34. The van der Waals surface area contributed by atoms with Crippen LogP contribution < -0.4 is 5.14 Å². The van der Waals surface area contributed by atoms with Gasteiger partial charge in [-0.05, 0) is 24.5 Å². The first-order valence-electron chi connectivity index (χ1n) is 5.80. The maximum absolute atomic E-state index is 11.5. The molecule has 0 radical (unpaired) electrons. The van der Waals surface area contributed by atoms with E-state index in [4.69, 9.17) is 5.14 Å². The average Bonchev–Trinajstić information content (AvgIpc) is 2.28. The van der Waals surface area contributed by atoms with Crippen molar-refractivity contribution >= 4 is 10.0 Å². The van der Waals surface area contributed by atoms with Gasteiger partial charge in [-0.15, -0.1) is 0 Å². The van der Waals surface area contributed by atoms with Crippen LogP contribution >= 0.6 is 0 Å². The molecule has 3 N–H and O–H groups in total. The molecule has 94 valence electrons. The van der Waals surface area contributed by atoms with Crippen molar-refractivity contribution in [3.05, 3.63) is 29.8 Å². The maximum Gasteiger partial charge on any atom is 0.238 e. The second-order valence-electron chi connectivity index (χ2n) is 4.54. The molecule has 1 aromatic rings. The molecule has 4 nitrogen and oxygen atoms in total. The Hall–Kier alpha value is -0.910. The molecule has 0 amide bonds. The van der Waals surface area contributed by atoms with E-state index < -0.39 is 16.1 Å². The Morgan fingerprint density at radius 3 is 2.47 bits per heavy atom. The van der Waals surface area contributed by atoms with Gasteiger partial charge in [-0.1, -0.05) is 31.0 Å². The fraction of sp³-hybridized carbons (Fsp3) is 0.500. The van der Waals surface area contributed by atoms with Gasteiger partial charge in [0.25, 0.3) is 0 Å². The van der Waals surface area contributed by atoms with Crippen LogP contribution in [0.4, 0.5) is 0 Å². The van der Waals surface area contributed by atoms with Gasteiger partial charge >= 0.3 is 0 Å². The predicted octanol–water partition coefficient (Wildman–Crippen LogP) is 1.35. The molecule has 0 bridgehead atoms. The van der Waals surface area contributed by atoms with Crippen molar-refractivity contribution in [1.82, 2.24) is 0 Å². The summed E-state index contributed by atoms with van der Waals surface area (Å²) in [6.07, 6.45) is 3.08. The SMILES string of the molecule is NS(=O)(=O)c1ccccc1C1CCCCC1O. The zero-order valence-corrected chi connectivity index (χ0v) is 10.4. The van der Waals surface area contributed by atoms with Crippen LogP contribution in [-0.4, -0.2) is 19.6 Å². The second-order valence-corrected chi connectivity index (χ2v) is 6.07. The lowest BCUT2D eigenvalue weighted by molar-refractivity contribution is 0.105. The Kier molecular flexibility index (Phi) is 3.51. The molecule has 0 heterocycles. The van der Waals surface area contributed by atoms with Gasteiger partial charge in [-0.25, -0.2) is 13.6 Å². The quantitative estimate of drug-likeness (QED) is 0.837. The highest BCUT2D eigenvalue weighted by molar-refractivity contribution is 7.89. The first-order chi connectivity index (χ1) is 8.00. The van der Waals surface area contributed by atoms with Crippen LogP contribution in [0.5, 0.6) is 0 Å². The van der Waals surface area contributed by atoms with Crippen LogP contribution in [0.3, 0.4) is 0 Å². The number of sulfonamides is 1. The van der Waals surface area contributed by atoms with Gasteiger partial charge in [-0.3, -0.25) is 0 Å². The normalized spacial score (nSPS) is 25.8.